The van der Waals surface area contributed by atoms with Gasteiger partial charge in [-0.15, -0.1) is 11.3 Å². The number of methoxy groups -OCH3 is 2. The zero-order valence-corrected chi connectivity index (χ0v) is 13.3. The fourth-order valence-electron chi connectivity index (χ4n) is 2.07. The minimum atomic E-state index is 0.0847. The van der Waals surface area contributed by atoms with E-state index in [9.17, 15) is 0 Å². The summed E-state index contributed by atoms with van der Waals surface area (Å²) in [4.78, 5) is 1.17. The number of nitrogens with one attached hydrogen (secondary N) is 1. The van der Waals surface area contributed by atoms with E-state index in [2.05, 4.69) is 12.2 Å². The van der Waals surface area contributed by atoms with Crippen molar-refractivity contribution in [3.63, 3.8) is 0 Å². The molecule has 2 rings (SSSR count). The van der Waals surface area contributed by atoms with Gasteiger partial charge in [0.2, 0.25) is 0 Å². The summed E-state index contributed by atoms with van der Waals surface area (Å²) in [5.74, 6) is 1.56. The summed E-state index contributed by atoms with van der Waals surface area (Å²) in [6.45, 7) is 2.94. The first-order valence-electron chi connectivity index (χ1n) is 6.39. The molecule has 1 heterocycles. The quantitative estimate of drug-likeness (QED) is 0.870. The Hall–Kier alpha value is -1.23. The molecule has 1 aromatic heterocycles. The molecular formula is C15H18ClNO2S. The van der Waals surface area contributed by atoms with E-state index in [4.69, 9.17) is 21.1 Å². The van der Waals surface area contributed by atoms with E-state index in [0.29, 0.717) is 0 Å². The van der Waals surface area contributed by atoms with Crippen LogP contribution in [0.1, 0.15) is 23.4 Å². The Morgan fingerprint density at radius 1 is 1.15 bits per heavy atom. The molecule has 5 heteroatoms. The van der Waals surface area contributed by atoms with Crippen LogP contribution in [0.15, 0.2) is 30.3 Å². The third kappa shape index (κ3) is 3.45. The van der Waals surface area contributed by atoms with Crippen LogP contribution in [-0.4, -0.2) is 20.8 Å². The monoisotopic (exact) mass is 311 g/mol. The maximum Gasteiger partial charge on any atom is 0.122 e. The molecule has 0 bridgehead atoms. The highest BCUT2D eigenvalue weighted by Gasteiger charge is 2.17. The molecule has 1 aromatic carbocycles. The average Bonchev–Trinajstić information content (AvgIpc) is 2.90. The summed E-state index contributed by atoms with van der Waals surface area (Å²) < 4.78 is 11.5. The minimum absolute atomic E-state index is 0.0847. The summed E-state index contributed by atoms with van der Waals surface area (Å²) in [7, 11) is 3.31. The second-order valence-electron chi connectivity index (χ2n) is 4.28. The van der Waals surface area contributed by atoms with Crippen molar-refractivity contribution in [2.75, 3.05) is 20.8 Å². The van der Waals surface area contributed by atoms with Gasteiger partial charge in [0.15, 0.2) is 0 Å². The molecule has 20 heavy (non-hydrogen) atoms. The molecule has 0 amide bonds. The number of ether oxygens (including phenoxy) is 2. The normalized spacial score (nSPS) is 12.2. The Morgan fingerprint density at radius 2 is 1.80 bits per heavy atom. The second kappa shape index (κ2) is 6.97. The van der Waals surface area contributed by atoms with Crippen molar-refractivity contribution in [2.24, 2.45) is 0 Å². The molecule has 2 aromatic rings. The van der Waals surface area contributed by atoms with Gasteiger partial charge in [-0.3, -0.25) is 0 Å². The Labute approximate surface area is 128 Å². The predicted molar refractivity (Wildman–Crippen MR) is 84.4 cm³/mol. The first-order chi connectivity index (χ1) is 9.67. The fourth-order valence-corrected chi connectivity index (χ4v) is 3.23. The summed E-state index contributed by atoms with van der Waals surface area (Å²) >= 11 is 7.63. The van der Waals surface area contributed by atoms with Gasteiger partial charge in [-0.1, -0.05) is 18.5 Å². The minimum Gasteiger partial charge on any atom is -0.497 e. The molecule has 0 spiro atoms. The van der Waals surface area contributed by atoms with Crippen LogP contribution in [0, 0.1) is 0 Å². The summed E-state index contributed by atoms with van der Waals surface area (Å²) in [6, 6.07) is 9.96. The molecule has 1 N–H and O–H groups in total. The number of hydrogen-bond acceptors (Lipinski definition) is 4. The number of rotatable bonds is 6. The predicted octanol–water partition coefficient (Wildman–Crippen LogP) is 4.12. The molecule has 0 saturated carbocycles. The van der Waals surface area contributed by atoms with E-state index in [-0.39, 0.29) is 6.04 Å². The average molecular weight is 312 g/mol. The van der Waals surface area contributed by atoms with Gasteiger partial charge in [-0.05, 0) is 36.4 Å². The van der Waals surface area contributed by atoms with Crippen LogP contribution in [0.4, 0.5) is 0 Å². The van der Waals surface area contributed by atoms with Crippen molar-refractivity contribution >= 4 is 22.9 Å². The van der Waals surface area contributed by atoms with E-state index in [1.807, 2.05) is 30.3 Å². The van der Waals surface area contributed by atoms with Crippen molar-refractivity contribution in [3.8, 4) is 11.5 Å². The van der Waals surface area contributed by atoms with Gasteiger partial charge in [-0.25, -0.2) is 0 Å². The Morgan fingerprint density at radius 3 is 2.25 bits per heavy atom. The van der Waals surface area contributed by atoms with E-state index in [1.165, 1.54) is 4.88 Å². The fraction of sp³-hybridized carbons (Fsp3) is 0.333. The maximum absolute atomic E-state index is 6.05. The van der Waals surface area contributed by atoms with Gasteiger partial charge < -0.3 is 14.8 Å². The topological polar surface area (TPSA) is 30.5 Å². The number of hydrogen-bond donors (Lipinski definition) is 1. The molecule has 0 aliphatic carbocycles. The van der Waals surface area contributed by atoms with Crippen LogP contribution in [0.5, 0.6) is 11.5 Å². The lowest BCUT2D eigenvalue weighted by molar-refractivity contribution is 0.392. The maximum atomic E-state index is 6.05. The van der Waals surface area contributed by atoms with Gasteiger partial charge in [0, 0.05) is 10.9 Å². The molecule has 0 fully saturated rings. The highest BCUT2D eigenvalue weighted by molar-refractivity contribution is 7.16. The molecule has 1 unspecified atom stereocenters. The standard InChI is InChI=1S/C15H18ClNO2S/c1-4-17-15(13-5-6-14(16)20-13)10-7-11(18-2)9-12(8-10)19-3/h5-9,15,17H,4H2,1-3H3. The first-order valence-corrected chi connectivity index (χ1v) is 7.59. The SMILES string of the molecule is CCNC(c1cc(OC)cc(OC)c1)c1ccc(Cl)s1. The van der Waals surface area contributed by atoms with Gasteiger partial charge in [0.25, 0.3) is 0 Å². The largest absolute Gasteiger partial charge is 0.497 e. The molecule has 0 saturated heterocycles. The van der Waals surface area contributed by atoms with Gasteiger partial charge in [0.05, 0.1) is 24.6 Å². The van der Waals surface area contributed by atoms with Crippen LogP contribution in [0.2, 0.25) is 4.34 Å². The van der Waals surface area contributed by atoms with E-state index in [0.717, 1.165) is 27.9 Å². The number of halogens is 1. The third-order valence-corrected chi connectivity index (χ3v) is 4.29. The van der Waals surface area contributed by atoms with Crippen LogP contribution in [0.3, 0.4) is 0 Å². The van der Waals surface area contributed by atoms with Crippen molar-refractivity contribution in [2.45, 2.75) is 13.0 Å². The van der Waals surface area contributed by atoms with Crippen LogP contribution in [-0.2, 0) is 0 Å². The molecule has 0 radical (unpaired) electrons. The van der Waals surface area contributed by atoms with Crippen molar-refractivity contribution in [1.82, 2.24) is 5.32 Å². The highest BCUT2D eigenvalue weighted by Crippen LogP contribution is 2.34. The molecule has 0 aliphatic heterocycles. The molecule has 0 aliphatic rings. The van der Waals surface area contributed by atoms with Crippen LogP contribution in [0.25, 0.3) is 0 Å². The van der Waals surface area contributed by atoms with E-state index in [1.54, 1.807) is 25.6 Å². The highest BCUT2D eigenvalue weighted by atomic mass is 35.5. The van der Waals surface area contributed by atoms with E-state index >= 15 is 0 Å². The summed E-state index contributed by atoms with van der Waals surface area (Å²) in [6.07, 6.45) is 0. The molecule has 1 atom stereocenters. The summed E-state index contributed by atoms with van der Waals surface area (Å²) in [5, 5.41) is 3.47. The van der Waals surface area contributed by atoms with Crippen molar-refractivity contribution in [3.05, 3.63) is 45.1 Å². The Kier molecular flexibility index (Phi) is 5.29. The molecule has 108 valence electrons. The zero-order valence-electron chi connectivity index (χ0n) is 11.8. The number of thiophene rings is 1. The van der Waals surface area contributed by atoms with Gasteiger partial charge in [0.1, 0.15) is 11.5 Å². The smallest absolute Gasteiger partial charge is 0.122 e. The number of benzene rings is 1. The van der Waals surface area contributed by atoms with Gasteiger partial charge >= 0.3 is 0 Å². The Balaban J connectivity index is 2.42. The lowest BCUT2D eigenvalue weighted by Gasteiger charge is -2.18. The van der Waals surface area contributed by atoms with Crippen molar-refractivity contribution < 1.29 is 9.47 Å². The van der Waals surface area contributed by atoms with E-state index < -0.39 is 0 Å². The van der Waals surface area contributed by atoms with Crippen LogP contribution < -0.4 is 14.8 Å². The molecular weight excluding hydrogens is 294 g/mol. The van der Waals surface area contributed by atoms with Gasteiger partial charge in [-0.2, -0.15) is 0 Å². The van der Waals surface area contributed by atoms with Crippen LogP contribution >= 0.6 is 22.9 Å². The third-order valence-electron chi connectivity index (χ3n) is 2.99. The lowest BCUT2D eigenvalue weighted by Crippen LogP contribution is -2.21. The molecule has 3 nitrogen and oxygen atoms in total. The zero-order chi connectivity index (χ0) is 14.5. The van der Waals surface area contributed by atoms with Crippen molar-refractivity contribution in [1.29, 1.82) is 0 Å². The second-order valence-corrected chi connectivity index (χ2v) is 6.03. The summed E-state index contributed by atoms with van der Waals surface area (Å²) in [5.41, 5.74) is 1.10. The Bertz CT molecular complexity index is 549. The first kappa shape index (κ1) is 15.2. The lowest BCUT2D eigenvalue weighted by atomic mass is 10.0.